The van der Waals surface area contributed by atoms with Crippen molar-refractivity contribution < 1.29 is 13.2 Å². The van der Waals surface area contributed by atoms with Crippen LogP contribution >= 0.6 is 15.9 Å². The smallest absolute Gasteiger partial charge is 0.369 e. The summed E-state index contributed by atoms with van der Waals surface area (Å²) >= 11 is 3.32. The maximum atomic E-state index is 12.7. The Morgan fingerprint density at radius 2 is 2.05 bits per heavy atom. The molecular formula is C14H13BrF3N3. The second-order valence-electron chi connectivity index (χ2n) is 4.39. The van der Waals surface area contributed by atoms with Crippen molar-refractivity contribution in [1.29, 1.82) is 0 Å². The van der Waals surface area contributed by atoms with Gasteiger partial charge in [0.2, 0.25) is 0 Å². The second-order valence-corrected chi connectivity index (χ2v) is 5.24. The Hall–Kier alpha value is -1.63. The molecular weight excluding hydrogens is 347 g/mol. The lowest BCUT2D eigenvalue weighted by atomic mass is 10.1. The maximum Gasteiger partial charge on any atom is 0.416 e. The van der Waals surface area contributed by atoms with E-state index in [0.717, 1.165) is 16.6 Å². The quantitative estimate of drug-likeness (QED) is 0.885. The van der Waals surface area contributed by atoms with Crippen LogP contribution in [-0.4, -0.2) is 16.5 Å². The fraction of sp³-hybridized carbons (Fsp3) is 0.286. The number of hydrogen-bond donors (Lipinski definition) is 1. The summed E-state index contributed by atoms with van der Waals surface area (Å²) in [5.41, 5.74) is -0.140. The van der Waals surface area contributed by atoms with E-state index in [1.807, 2.05) is 6.92 Å². The molecule has 0 aliphatic carbocycles. The maximum absolute atomic E-state index is 12.7. The topological polar surface area (TPSA) is 37.8 Å². The summed E-state index contributed by atoms with van der Waals surface area (Å²) < 4.78 is 38.7. The van der Waals surface area contributed by atoms with E-state index in [0.29, 0.717) is 23.8 Å². The van der Waals surface area contributed by atoms with Crippen molar-refractivity contribution in [2.45, 2.75) is 19.5 Å². The van der Waals surface area contributed by atoms with Crippen LogP contribution in [0.3, 0.4) is 0 Å². The highest BCUT2D eigenvalue weighted by Crippen LogP contribution is 2.30. The number of halogens is 4. The third-order valence-electron chi connectivity index (χ3n) is 2.75. The summed E-state index contributed by atoms with van der Waals surface area (Å²) in [5.74, 6) is 1.10. The van der Waals surface area contributed by atoms with Gasteiger partial charge in [-0.3, -0.25) is 0 Å². The average Bonchev–Trinajstić information content (AvgIpc) is 2.42. The van der Waals surface area contributed by atoms with E-state index in [-0.39, 0.29) is 6.42 Å². The molecule has 0 aliphatic heterocycles. The Morgan fingerprint density at radius 3 is 2.71 bits per heavy atom. The number of aromatic nitrogens is 2. The van der Waals surface area contributed by atoms with Gasteiger partial charge in [-0.15, -0.1) is 0 Å². The summed E-state index contributed by atoms with van der Waals surface area (Å²) in [7, 11) is 0. The van der Waals surface area contributed by atoms with E-state index in [1.165, 1.54) is 6.07 Å². The number of benzene rings is 1. The third-order valence-corrected chi connectivity index (χ3v) is 3.34. The minimum absolute atomic E-state index is 0.246. The van der Waals surface area contributed by atoms with Gasteiger partial charge in [-0.25, -0.2) is 9.97 Å². The van der Waals surface area contributed by atoms with Crippen molar-refractivity contribution in [3.8, 4) is 0 Å². The zero-order valence-corrected chi connectivity index (χ0v) is 12.8. The van der Waals surface area contributed by atoms with Crippen LogP contribution in [0.25, 0.3) is 0 Å². The van der Waals surface area contributed by atoms with E-state index in [1.54, 1.807) is 12.3 Å². The van der Waals surface area contributed by atoms with E-state index in [2.05, 4.69) is 31.2 Å². The Labute approximate surface area is 128 Å². The molecule has 0 saturated heterocycles. The molecule has 21 heavy (non-hydrogen) atoms. The highest BCUT2D eigenvalue weighted by atomic mass is 79.9. The first-order chi connectivity index (χ1) is 9.90. The van der Waals surface area contributed by atoms with E-state index >= 15 is 0 Å². The van der Waals surface area contributed by atoms with Crippen molar-refractivity contribution in [2.75, 3.05) is 11.9 Å². The first-order valence-electron chi connectivity index (χ1n) is 6.31. The minimum atomic E-state index is -4.34. The lowest BCUT2D eigenvalue weighted by Crippen LogP contribution is -2.07. The van der Waals surface area contributed by atoms with Crippen LogP contribution in [0.1, 0.15) is 23.9 Å². The highest BCUT2D eigenvalue weighted by Gasteiger charge is 2.30. The van der Waals surface area contributed by atoms with Crippen molar-refractivity contribution in [2.24, 2.45) is 0 Å². The van der Waals surface area contributed by atoms with Crippen LogP contribution in [0.4, 0.5) is 19.0 Å². The normalized spacial score (nSPS) is 11.5. The fourth-order valence-corrected chi connectivity index (χ4v) is 2.15. The number of nitrogens with one attached hydrogen (secondary N) is 1. The van der Waals surface area contributed by atoms with Gasteiger partial charge in [0.15, 0.2) is 0 Å². The van der Waals surface area contributed by atoms with Crippen LogP contribution in [0.5, 0.6) is 0 Å². The average molecular weight is 360 g/mol. The molecule has 1 aromatic heterocycles. The second kappa shape index (κ2) is 6.43. The zero-order chi connectivity index (χ0) is 15.5. The molecule has 0 bridgehead atoms. The minimum Gasteiger partial charge on any atom is -0.369 e. The molecule has 0 amide bonds. The van der Waals surface area contributed by atoms with E-state index in [9.17, 15) is 13.2 Å². The largest absolute Gasteiger partial charge is 0.416 e. The van der Waals surface area contributed by atoms with Crippen molar-refractivity contribution in [3.05, 3.63) is 51.9 Å². The number of alkyl halides is 3. The Balaban J connectivity index is 2.24. The summed E-state index contributed by atoms with van der Waals surface area (Å²) in [6.45, 7) is 2.62. The van der Waals surface area contributed by atoms with Crippen molar-refractivity contribution in [1.82, 2.24) is 9.97 Å². The van der Waals surface area contributed by atoms with Crippen molar-refractivity contribution in [3.63, 3.8) is 0 Å². The first kappa shape index (κ1) is 15.8. The first-order valence-corrected chi connectivity index (χ1v) is 7.11. The van der Waals surface area contributed by atoms with Crippen LogP contribution in [-0.2, 0) is 12.6 Å². The summed E-state index contributed by atoms with van der Waals surface area (Å²) in [4.78, 5) is 8.43. The molecule has 112 valence electrons. The number of anilines is 1. The van der Waals surface area contributed by atoms with E-state index < -0.39 is 11.7 Å². The lowest BCUT2D eigenvalue weighted by Gasteiger charge is -2.09. The van der Waals surface area contributed by atoms with Crippen molar-refractivity contribution >= 4 is 21.7 Å². The Bertz CT molecular complexity index is 629. The molecule has 2 aromatic rings. The Morgan fingerprint density at radius 1 is 1.29 bits per heavy atom. The fourth-order valence-electron chi connectivity index (χ4n) is 1.82. The molecule has 1 heterocycles. The summed E-state index contributed by atoms with van der Waals surface area (Å²) in [6.07, 6.45) is -2.50. The molecule has 0 fully saturated rings. The van der Waals surface area contributed by atoms with Crippen LogP contribution < -0.4 is 5.32 Å². The molecule has 0 unspecified atom stereocenters. The third kappa shape index (κ3) is 4.17. The monoisotopic (exact) mass is 359 g/mol. The summed E-state index contributed by atoms with van der Waals surface area (Å²) in [6, 6.07) is 5.20. The van der Waals surface area contributed by atoms with Gasteiger partial charge in [-0.2, -0.15) is 13.2 Å². The molecule has 2 rings (SSSR count). The van der Waals surface area contributed by atoms with Gasteiger partial charge in [0.25, 0.3) is 0 Å². The number of nitrogens with zero attached hydrogens (tertiary/aromatic N) is 2. The van der Waals surface area contributed by atoms with Gasteiger partial charge in [0, 0.05) is 19.2 Å². The van der Waals surface area contributed by atoms with Gasteiger partial charge in [-0.05, 0) is 34.5 Å². The Kier molecular flexibility index (Phi) is 4.82. The van der Waals surface area contributed by atoms with Gasteiger partial charge < -0.3 is 5.32 Å². The molecule has 0 atom stereocenters. The van der Waals surface area contributed by atoms with Crippen LogP contribution in [0.2, 0.25) is 0 Å². The summed E-state index contributed by atoms with van der Waals surface area (Å²) in [5, 5.41) is 3.06. The molecule has 0 radical (unpaired) electrons. The lowest BCUT2D eigenvalue weighted by molar-refractivity contribution is -0.137. The zero-order valence-electron chi connectivity index (χ0n) is 11.2. The SMILES string of the molecule is CCNc1nc(Cc2cccc(C(F)(F)F)c2)ncc1Br. The highest BCUT2D eigenvalue weighted by molar-refractivity contribution is 9.10. The predicted octanol–water partition coefficient (Wildman–Crippen LogP) is 4.28. The van der Waals surface area contributed by atoms with Gasteiger partial charge in [-0.1, -0.05) is 18.2 Å². The van der Waals surface area contributed by atoms with Crippen LogP contribution in [0.15, 0.2) is 34.9 Å². The molecule has 7 heteroatoms. The van der Waals surface area contributed by atoms with Gasteiger partial charge in [0.1, 0.15) is 11.6 Å². The van der Waals surface area contributed by atoms with Crippen LogP contribution in [0, 0.1) is 0 Å². The standard InChI is InChI=1S/C14H13BrF3N3/c1-2-19-13-11(15)8-20-12(21-13)7-9-4-3-5-10(6-9)14(16,17)18/h3-6,8H,2,7H2,1H3,(H,19,20,21). The molecule has 0 saturated carbocycles. The number of rotatable bonds is 4. The molecule has 3 nitrogen and oxygen atoms in total. The van der Waals surface area contributed by atoms with Gasteiger partial charge >= 0.3 is 6.18 Å². The molecule has 0 aliphatic rings. The molecule has 1 N–H and O–H groups in total. The molecule has 0 spiro atoms. The number of hydrogen-bond acceptors (Lipinski definition) is 3. The van der Waals surface area contributed by atoms with E-state index in [4.69, 9.17) is 0 Å². The van der Waals surface area contributed by atoms with Gasteiger partial charge in [0.05, 0.1) is 10.0 Å². The predicted molar refractivity (Wildman–Crippen MR) is 78.1 cm³/mol. The molecule has 1 aromatic carbocycles.